The van der Waals surface area contributed by atoms with E-state index in [0.29, 0.717) is 43.4 Å². The summed E-state index contributed by atoms with van der Waals surface area (Å²) in [7, 11) is 1.59. The number of benzene rings is 2. The van der Waals surface area contributed by atoms with Crippen molar-refractivity contribution in [3.05, 3.63) is 54.6 Å². The number of para-hydroxylation sites is 2. The largest absolute Gasteiger partial charge is 0.495 e. The number of thioether (sulfide) groups is 1. The SMILES string of the molecule is COc1ccccc1NC(=O)N1CCC(CNC(=O)CCSc2ccccc2)CC1. The molecule has 0 bridgehead atoms. The quantitative estimate of drug-likeness (QED) is 0.618. The van der Waals surface area contributed by atoms with Crippen molar-refractivity contribution in [2.75, 3.05) is 37.8 Å². The Hall–Kier alpha value is -2.67. The second-order valence-corrected chi connectivity index (χ2v) is 8.44. The number of urea groups is 1. The van der Waals surface area contributed by atoms with Crippen LogP contribution >= 0.6 is 11.8 Å². The van der Waals surface area contributed by atoms with Crippen molar-refractivity contribution in [1.29, 1.82) is 0 Å². The van der Waals surface area contributed by atoms with Crippen LogP contribution in [0.1, 0.15) is 19.3 Å². The van der Waals surface area contributed by atoms with Gasteiger partial charge >= 0.3 is 6.03 Å². The number of rotatable bonds is 8. The van der Waals surface area contributed by atoms with Crippen molar-refractivity contribution < 1.29 is 14.3 Å². The minimum Gasteiger partial charge on any atom is -0.495 e. The zero-order valence-electron chi connectivity index (χ0n) is 17.3. The zero-order chi connectivity index (χ0) is 21.2. The minimum absolute atomic E-state index is 0.0924. The third-order valence-corrected chi connectivity index (χ3v) is 6.19. The molecule has 1 aliphatic rings. The molecular weight excluding hydrogens is 398 g/mol. The highest BCUT2D eigenvalue weighted by Gasteiger charge is 2.23. The van der Waals surface area contributed by atoms with Crippen LogP contribution in [0.5, 0.6) is 5.75 Å². The molecule has 0 aliphatic carbocycles. The number of amides is 3. The van der Waals surface area contributed by atoms with Crippen LogP contribution in [0.25, 0.3) is 0 Å². The smallest absolute Gasteiger partial charge is 0.321 e. The fourth-order valence-corrected chi connectivity index (χ4v) is 4.28. The Morgan fingerprint density at radius 3 is 2.50 bits per heavy atom. The highest BCUT2D eigenvalue weighted by atomic mass is 32.2. The van der Waals surface area contributed by atoms with Crippen molar-refractivity contribution in [2.45, 2.75) is 24.2 Å². The molecule has 1 aliphatic heterocycles. The Morgan fingerprint density at radius 1 is 1.07 bits per heavy atom. The zero-order valence-corrected chi connectivity index (χ0v) is 18.1. The normalized spacial score (nSPS) is 14.2. The van der Waals surface area contributed by atoms with Crippen LogP contribution in [-0.2, 0) is 4.79 Å². The predicted molar refractivity (Wildman–Crippen MR) is 121 cm³/mol. The Labute approximate surface area is 182 Å². The summed E-state index contributed by atoms with van der Waals surface area (Å²) >= 11 is 1.70. The van der Waals surface area contributed by atoms with Crippen molar-refractivity contribution in [3.8, 4) is 5.75 Å². The fraction of sp³-hybridized carbons (Fsp3) is 0.391. The molecule has 1 saturated heterocycles. The first kappa shape index (κ1) is 22.0. The van der Waals surface area contributed by atoms with E-state index in [9.17, 15) is 9.59 Å². The van der Waals surface area contributed by atoms with E-state index in [1.165, 1.54) is 4.90 Å². The lowest BCUT2D eigenvalue weighted by Gasteiger charge is -2.32. The van der Waals surface area contributed by atoms with Crippen molar-refractivity contribution >= 4 is 29.4 Å². The molecule has 160 valence electrons. The van der Waals surface area contributed by atoms with Gasteiger partial charge in [-0.25, -0.2) is 4.79 Å². The van der Waals surface area contributed by atoms with E-state index in [1.54, 1.807) is 18.9 Å². The molecule has 2 N–H and O–H groups in total. The van der Waals surface area contributed by atoms with Crippen LogP contribution in [0.15, 0.2) is 59.5 Å². The van der Waals surface area contributed by atoms with Crippen LogP contribution in [0, 0.1) is 5.92 Å². The van der Waals surface area contributed by atoms with E-state index < -0.39 is 0 Å². The van der Waals surface area contributed by atoms with E-state index in [2.05, 4.69) is 22.8 Å². The topological polar surface area (TPSA) is 70.7 Å². The Morgan fingerprint density at radius 2 is 1.77 bits per heavy atom. The minimum atomic E-state index is -0.111. The average Bonchev–Trinajstić information content (AvgIpc) is 2.79. The first-order valence-electron chi connectivity index (χ1n) is 10.3. The summed E-state index contributed by atoms with van der Waals surface area (Å²) in [4.78, 5) is 27.6. The van der Waals surface area contributed by atoms with Crippen LogP contribution in [0.2, 0.25) is 0 Å². The lowest BCUT2D eigenvalue weighted by molar-refractivity contribution is -0.120. The summed E-state index contributed by atoms with van der Waals surface area (Å²) in [5.74, 6) is 1.92. The number of nitrogens with zero attached hydrogens (tertiary/aromatic N) is 1. The number of ether oxygens (including phenoxy) is 1. The Bertz CT molecular complexity index is 823. The van der Waals surface area contributed by atoms with Gasteiger partial charge in [-0.3, -0.25) is 4.79 Å². The van der Waals surface area contributed by atoms with Gasteiger partial charge < -0.3 is 20.3 Å². The molecular formula is C23H29N3O3S. The number of likely N-dealkylation sites (tertiary alicyclic amines) is 1. The van der Waals surface area contributed by atoms with E-state index in [0.717, 1.165) is 18.6 Å². The second-order valence-electron chi connectivity index (χ2n) is 7.28. The van der Waals surface area contributed by atoms with Gasteiger partial charge in [0, 0.05) is 36.7 Å². The Kier molecular flexibility index (Phi) is 8.44. The summed E-state index contributed by atoms with van der Waals surface area (Å²) in [6.07, 6.45) is 2.29. The number of nitrogens with one attached hydrogen (secondary N) is 2. The van der Waals surface area contributed by atoms with Crippen LogP contribution in [-0.4, -0.2) is 49.3 Å². The first-order valence-corrected chi connectivity index (χ1v) is 11.3. The van der Waals surface area contributed by atoms with Gasteiger partial charge in [0.2, 0.25) is 5.91 Å². The number of carbonyl (C=O) groups excluding carboxylic acids is 2. The van der Waals surface area contributed by atoms with Gasteiger partial charge in [-0.15, -0.1) is 11.8 Å². The fourth-order valence-electron chi connectivity index (χ4n) is 3.41. The lowest BCUT2D eigenvalue weighted by Crippen LogP contribution is -2.43. The van der Waals surface area contributed by atoms with Gasteiger partial charge in [-0.2, -0.15) is 0 Å². The highest BCUT2D eigenvalue weighted by molar-refractivity contribution is 7.99. The molecule has 2 aromatic rings. The molecule has 0 spiro atoms. The maximum Gasteiger partial charge on any atom is 0.321 e. The Balaban J connectivity index is 1.33. The third-order valence-electron chi connectivity index (χ3n) is 5.18. The van der Waals surface area contributed by atoms with Gasteiger partial charge in [0.15, 0.2) is 0 Å². The van der Waals surface area contributed by atoms with E-state index in [-0.39, 0.29) is 11.9 Å². The van der Waals surface area contributed by atoms with Gasteiger partial charge in [-0.1, -0.05) is 30.3 Å². The molecule has 2 aromatic carbocycles. The summed E-state index contributed by atoms with van der Waals surface area (Å²) < 4.78 is 5.28. The molecule has 0 unspecified atom stereocenters. The number of carbonyl (C=O) groups is 2. The summed E-state index contributed by atoms with van der Waals surface area (Å²) in [5.41, 5.74) is 0.674. The van der Waals surface area contributed by atoms with Crippen LogP contribution in [0.4, 0.5) is 10.5 Å². The number of hydrogen-bond acceptors (Lipinski definition) is 4. The lowest BCUT2D eigenvalue weighted by atomic mass is 9.97. The van der Waals surface area contributed by atoms with Gasteiger partial charge in [-0.05, 0) is 43.0 Å². The van der Waals surface area contributed by atoms with Crippen LogP contribution < -0.4 is 15.4 Å². The average molecular weight is 428 g/mol. The third kappa shape index (κ3) is 6.69. The van der Waals surface area contributed by atoms with E-state index >= 15 is 0 Å². The number of hydrogen-bond donors (Lipinski definition) is 2. The highest BCUT2D eigenvalue weighted by Crippen LogP contribution is 2.24. The maximum atomic E-state index is 12.5. The summed E-state index contributed by atoms with van der Waals surface area (Å²) in [6.45, 7) is 2.05. The number of anilines is 1. The van der Waals surface area contributed by atoms with Crippen molar-refractivity contribution in [3.63, 3.8) is 0 Å². The monoisotopic (exact) mass is 427 g/mol. The molecule has 0 aromatic heterocycles. The van der Waals surface area contributed by atoms with Crippen LogP contribution in [0.3, 0.4) is 0 Å². The number of piperidine rings is 1. The molecule has 0 atom stereocenters. The van der Waals surface area contributed by atoms with Gasteiger partial charge in [0.25, 0.3) is 0 Å². The summed E-state index contributed by atoms with van der Waals surface area (Å²) in [5, 5.41) is 5.97. The molecule has 30 heavy (non-hydrogen) atoms. The molecule has 0 radical (unpaired) electrons. The van der Waals surface area contributed by atoms with Gasteiger partial charge in [0.1, 0.15) is 5.75 Å². The molecule has 0 saturated carbocycles. The molecule has 1 fully saturated rings. The molecule has 3 rings (SSSR count). The molecule has 3 amide bonds. The van der Waals surface area contributed by atoms with Gasteiger partial charge in [0.05, 0.1) is 12.8 Å². The maximum absolute atomic E-state index is 12.5. The van der Waals surface area contributed by atoms with E-state index in [4.69, 9.17) is 4.74 Å². The molecule has 6 nitrogen and oxygen atoms in total. The van der Waals surface area contributed by atoms with Crippen molar-refractivity contribution in [2.24, 2.45) is 5.92 Å². The second kappa shape index (κ2) is 11.5. The number of methoxy groups -OCH3 is 1. The van der Waals surface area contributed by atoms with Crippen molar-refractivity contribution in [1.82, 2.24) is 10.2 Å². The first-order chi connectivity index (χ1) is 14.7. The summed E-state index contributed by atoms with van der Waals surface area (Å²) in [6, 6.07) is 17.4. The predicted octanol–water partition coefficient (Wildman–Crippen LogP) is 4.24. The van der Waals surface area contributed by atoms with E-state index in [1.807, 2.05) is 47.4 Å². The molecule has 7 heteroatoms. The molecule has 1 heterocycles. The standard InChI is InChI=1S/C23H29N3O3S/c1-29-21-10-6-5-9-20(21)25-23(28)26-14-11-18(12-15-26)17-24-22(27)13-16-30-19-7-3-2-4-8-19/h2-10,18H,11-17H2,1H3,(H,24,27)(H,25,28).